The molecule has 0 atom stereocenters. The lowest BCUT2D eigenvalue weighted by Crippen LogP contribution is -2.31. The number of rotatable bonds is 5. The minimum absolute atomic E-state index is 0.0243. The number of nitrogens with two attached hydrogens (primary N) is 2. The van der Waals surface area contributed by atoms with Crippen molar-refractivity contribution in [3.8, 4) is 0 Å². The standard InChI is InChI=1S/C11H15N3O.2C2H4O2/c12-10(13)7-6-9(15)11(14)8-4-2-1-3-5-8;2*1-2(3)4/h1-5,10,14H,6-7,12-13H2;2*1H3,(H,3,4). The van der Waals surface area contributed by atoms with Gasteiger partial charge in [0.15, 0.2) is 5.78 Å². The summed E-state index contributed by atoms with van der Waals surface area (Å²) in [7, 11) is 0. The van der Waals surface area contributed by atoms with Crippen LogP contribution in [0.25, 0.3) is 0 Å². The Bertz CT molecular complexity index is 495. The van der Waals surface area contributed by atoms with Gasteiger partial charge in [-0.3, -0.25) is 19.8 Å². The summed E-state index contributed by atoms with van der Waals surface area (Å²) in [5.41, 5.74) is 11.3. The lowest BCUT2D eigenvalue weighted by atomic mass is 10.0. The average Bonchev–Trinajstić information content (AvgIpc) is 2.43. The molecule has 0 fully saturated rings. The van der Waals surface area contributed by atoms with E-state index in [4.69, 9.17) is 36.7 Å². The van der Waals surface area contributed by atoms with Gasteiger partial charge in [-0.15, -0.1) is 0 Å². The molecule has 0 amide bonds. The quantitative estimate of drug-likeness (QED) is 0.394. The van der Waals surface area contributed by atoms with E-state index in [1.165, 1.54) is 0 Å². The summed E-state index contributed by atoms with van der Waals surface area (Å²) >= 11 is 0. The topological polar surface area (TPSA) is 168 Å². The molecular formula is C15H23N3O5. The largest absolute Gasteiger partial charge is 0.481 e. The van der Waals surface area contributed by atoms with Crippen molar-refractivity contribution in [1.29, 1.82) is 5.41 Å². The number of aliphatic carboxylic acids is 2. The van der Waals surface area contributed by atoms with Crippen molar-refractivity contribution in [3.63, 3.8) is 0 Å². The van der Waals surface area contributed by atoms with Crippen molar-refractivity contribution in [1.82, 2.24) is 0 Å². The first-order chi connectivity index (χ1) is 10.6. The molecule has 1 rings (SSSR count). The monoisotopic (exact) mass is 325 g/mol. The Morgan fingerprint density at radius 2 is 1.43 bits per heavy atom. The average molecular weight is 325 g/mol. The molecule has 23 heavy (non-hydrogen) atoms. The second-order valence-corrected chi connectivity index (χ2v) is 4.40. The highest BCUT2D eigenvalue weighted by molar-refractivity contribution is 6.44. The molecule has 1 aromatic rings. The van der Waals surface area contributed by atoms with Gasteiger partial charge in [0.05, 0.1) is 6.17 Å². The van der Waals surface area contributed by atoms with Crippen molar-refractivity contribution in [2.75, 3.05) is 0 Å². The van der Waals surface area contributed by atoms with E-state index in [0.29, 0.717) is 12.0 Å². The number of carbonyl (C=O) groups is 3. The van der Waals surface area contributed by atoms with E-state index < -0.39 is 18.1 Å². The van der Waals surface area contributed by atoms with E-state index in [0.717, 1.165) is 13.8 Å². The first-order valence-corrected chi connectivity index (χ1v) is 6.65. The van der Waals surface area contributed by atoms with Crippen molar-refractivity contribution in [2.45, 2.75) is 32.9 Å². The van der Waals surface area contributed by atoms with Crippen LogP contribution in [0.1, 0.15) is 32.3 Å². The number of benzene rings is 1. The molecule has 0 saturated heterocycles. The van der Waals surface area contributed by atoms with Crippen LogP contribution in [0.15, 0.2) is 30.3 Å². The molecule has 8 nitrogen and oxygen atoms in total. The van der Waals surface area contributed by atoms with Crippen LogP contribution in [0.4, 0.5) is 0 Å². The highest BCUT2D eigenvalue weighted by atomic mass is 16.4. The number of nitrogens with one attached hydrogen (secondary N) is 1. The van der Waals surface area contributed by atoms with Gasteiger partial charge >= 0.3 is 0 Å². The zero-order valence-electron chi connectivity index (χ0n) is 13.2. The molecule has 0 bridgehead atoms. The van der Waals surface area contributed by atoms with Gasteiger partial charge in [-0.25, -0.2) is 0 Å². The molecule has 0 saturated carbocycles. The van der Waals surface area contributed by atoms with Crippen LogP contribution in [-0.4, -0.2) is 39.8 Å². The lowest BCUT2D eigenvalue weighted by molar-refractivity contribution is -0.135. The lowest BCUT2D eigenvalue weighted by Gasteiger charge is -2.05. The minimum atomic E-state index is -0.833. The second kappa shape index (κ2) is 13.1. The summed E-state index contributed by atoms with van der Waals surface area (Å²) in [5, 5.41) is 22.5. The third-order valence-electron chi connectivity index (χ3n) is 2.05. The zero-order chi connectivity index (χ0) is 18.4. The Kier molecular flexibility index (Phi) is 12.9. The maximum atomic E-state index is 11.5. The molecule has 0 radical (unpaired) electrons. The molecule has 0 aliphatic rings. The van der Waals surface area contributed by atoms with Gasteiger partial charge in [0.2, 0.25) is 0 Å². The Hall–Kier alpha value is -2.58. The van der Waals surface area contributed by atoms with E-state index in [9.17, 15) is 4.79 Å². The molecule has 0 aliphatic heterocycles. The number of ketones is 1. The zero-order valence-corrected chi connectivity index (χ0v) is 13.2. The fourth-order valence-corrected chi connectivity index (χ4v) is 1.19. The predicted molar refractivity (Wildman–Crippen MR) is 86.3 cm³/mol. The molecule has 0 unspecified atom stereocenters. The maximum Gasteiger partial charge on any atom is 0.300 e. The molecule has 8 heteroatoms. The minimum Gasteiger partial charge on any atom is -0.481 e. The Labute approximate surface area is 134 Å². The van der Waals surface area contributed by atoms with Crippen molar-refractivity contribution in [3.05, 3.63) is 35.9 Å². The van der Waals surface area contributed by atoms with Crippen LogP contribution in [0.5, 0.6) is 0 Å². The predicted octanol–water partition coefficient (Wildman–Crippen LogP) is 0.829. The molecule has 0 aromatic heterocycles. The highest BCUT2D eigenvalue weighted by Crippen LogP contribution is 2.03. The van der Waals surface area contributed by atoms with Crippen LogP contribution in [0.2, 0.25) is 0 Å². The Morgan fingerprint density at radius 3 is 1.78 bits per heavy atom. The first-order valence-electron chi connectivity index (χ1n) is 6.65. The molecule has 0 aliphatic carbocycles. The summed E-state index contributed by atoms with van der Waals surface area (Å²) in [6.07, 6.45) is 0.150. The van der Waals surface area contributed by atoms with E-state index in [1.807, 2.05) is 6.07 Å². The maximum absolute atomic E-state index is 11.5. The summed E-state index contributed by atoms with van der Waals surface area (Å²) in [4.78, 5) is 29.5. The van der Waals surface area contributed by atoms with Gasteiger partial charge in [0.1, 0.15) is 5.71 Å². The van der Waals surface area contributed by atoms with Crippen molar-refractivity contribution < 1.29 is 24.6 Å². The van der Waals surface area contributed by atoms with Gasteiger partial charge in [-0.2, -0.15) is 0 Å². The normalized spacial score (nSPS) is 8.91. The smallest absolute Gasteiger partial charge is 0.300 e. The fourth-order valence-electron chi connectivity index (χ4n) is 1.19. The number of carboxylic acids is 2. The Balaban J connectivity index is 0. The number of Topliss-reactive ketones (excluding diaryl/α,β-unsaturated/α-hetero) is 1. The molecule has 128 valence electrons. The van der Waals surface area contributed by atoms with E-state index in [1.54, 1.807) is 24.3 Å². The van der Waals surface area contributed by atoms with Gasteiger partial charge in [-0.1, -0.05) is 30.3 Å². The molecule has 0 heterocycles. The highest BCUT2D eigenvalue weighted by Gasteiger charge is 2.11. The number of carboxylic acid groups (broad SMARTS) is 2. The molecule has 0 spiro atoms. The van der Waals surface area contributed by atoms with Crippen LogP contribution in [0.3, 0.4) is 0 Å². The van der Waals surface area contributed by atoms with Gasteiger partial charge in [0.25, 0.3) is 11.9 Å². The third kappa shape index (κ3) is 17.4. The van der Waals surface area contributed by atoms with Gasteiger partial charge in [-0.05, 0) is 6.42 Å². The molecule has 1 aromatic carbocycles. The van der Waals surface area contributed by atoms with E-state index in [-0.39, 0.29) is 17.9 Å². The number of carbonyl (C=O) groups excluding carboxylic acids is 1. The summed E-state index contributed by atoms with van der Waals surface area (Å²) in [6, 6.07) is 8.92. The fraction of sp³-hybridized carbons (Fsp3) is 0.333. The third-order valence-corrected chi connectivity index (χ3v) is 2.05. The first kappa shape index (κ1) is 22.7. The van der Waals surface area contributed by atoms with Gasteiger partial charge in [0, 0.05) is 25.8 Å². The van der Waals surface area contributed by atoms with Crippen LogP contribution >= 0.6 is 0 Å². The van der Waals surface area contributed by atoms with E-state index in [2.05, 4.69) is 0 Å². The number of hydrogen-bond acceptors (Lipinski definition) is 6. The van der Waals surface area contributed by atoms with Crippen molar-refractivity contribution >= 4 is 23.4 Å². The number of hydrogen-bond donors (Lipinski definition) is 5. The van der Waals surface area contributed by atoms with Crippen LogP contribution in [-0.2, 0) is 14.4 Å². The SMILES string of the molecule is CC(=O)O.CC(=O)O.N=C(C(=O)CCC(N)N)c1ccccc1. The van der Waals surface area contributed by atoms with Gasteiger partial charge < -0.3 is 21.7 Å². The summed E-state index contributed by atoms with van der Waals surface area (Å²) in [6.45, 7) is 2.17. The van der Waals surface area contributed by atoms with E-state index >= 15 is 0 Å². The van der Waals surface area contributed by atoms with Crippen LogP contribution < -0.4 is 11.5 Å². The summed E-state index contributed by atoms with van der Waals surface area (Å²) in [5.74, 6) is -1.89. The van der Waals surface area contributed by atoms with Crippen LogP contribution in [0, 0.1) is 5.41 Å². The molecule has 7 N–H and O–H groups in total. The summed E-state index contributed by atoms with van der Waals surface area (Å²) < 4.78 is 0. The van der Waals surface area contributed by atoms with Crippen molar-refractivity contribution in [2.24, 2.45) is 11.5 Å². The molecular weight excluding hydrogens is 302 g/mol. The Morgan fingerprint density at radius 1 is 1.04 bits per heavy atom. The second-order valence-electron chi connectivity index (χ2n) is 4.40.